The average molecular weight is 330 g/mol. The zero-order valence-electron chi connectivity index (χ0n) is 14.6. The molecule has 0 aromatic heterocycles. The first kappa shape index (κ1) is 15.8. The van der Waals surface area contributed by atoms with Crippen molar-refractivity contribution in [1.29, 1.82) is 0 Å². The number of likely N-dealkylation sites (N-methyl/N-ethyl adjacent to an activating group) is 1. The zero-order chi connectivity index (χ0) is 16.7. The van der Waals surface area contributed by atoms with Crippen LogP contribution in [0.5, 0.6) is 11.5 Å². The van der Waals surface area contributed by atoms with Crippen molar-refractivity contribution in [3.8, 4) is 11.5 Å². The van der Waals surface area contributed by atoms with Gasteiger partial charge in [-0.05, 0) is 68.8 Å². The quantitative estimate of drug-likeness (QED) is 0.851. The van der Waals surface area contributed by atoms with Gasteiger partial charge in [-0.25, -0.2) is 0 Å². The van der Waals surface area contributed by atoms with Gasteiger partial charge in [-0.1, -0.05) is 0 Å². The molecular weight excluding hydrogens is 304 g/mol. The molecule has 1 aromatic rings. The van der Waals surface area contributed by atoms with Crippen molar-refractivity contribution in [1.82, 2.24) is 9.80 Å². The van der Waals surface area contributed by atoms with Crippen LogP contribution in [0.15, 0.2) is 12.1 Å². The number of hydrogen-bond acceptors (Lipinski definition) is 4. The summed E-state index contributed by atoms with van der Waals surface area (Å²) in [4.78, 5) is 16.9. The van der Waals surface area contributed by atoms with E-state index in [0.29, 0.717) is 25.3 Å². The Hall–Kier alpha value is -1.75. The minimum atomic E-state index is 0.245. The second kappa shape index (κ2) is 6.28. The Balaban J connectivity index is 1.59. The van der Waals surface area contributed by atoms with E-state index in [1.165, 1.54) is 24.0 Å². The molecule has 1 fully saturated rings. The molecule has 4 rings (SSSR count). The van der Waals surface area contributed by atoms with Crippen LogP contribution in [0.2, 0.25) is 0 Å². The van der Waals surface area contributed by atoms with Crippen LogP contribution in [-0.4, -0.2) is 48.7 Å². The molecule has 0 saturated carbocycles. The molecule has 0 spiro atoms. The predicted molar refractivity (Wildman–Crippen MR) is 91.2 cm³/mol. The fourth-order valence-corrected chi connectivity index (χ4v) is 4.58. The third-order valence-corrected chi connectivity index (χ3v) is 5.75. The van der Waals surface area contributed by atoms with Gasteiger partial charge < -0.3 is 14.4 Å². The number of nitrogens with zero attached hydrogens (tertiary/aromatic N) is 2. The van der Waals surface area contributed by atoms with Crippen LogP contribution in [-0.2, 0) is 11.2 Å². The molecule has 130 valence electrons. The van der Waals surface area contributed by atoms with Gasteiger partial charge in [-0.3, -0.25) is 9.69 Å². The number of fused-ring (bicyclic) bond motifs is 4. The van der Waals surface area contributed by atoms with E-state index in [1.54, 1.807) is 0 Å². The zero-order valence-corrected chi connectivity index (χ0v) is 14.6. The number of likely N-dealkylation sites (tertiary alicyclic amines) is 1. The van der Waals surface area contributed by atoms with Crippen molar-refractivity contribution in [3.05, 3.63) is 23.3 Å². The maximum Gasteiger partial charge on any atom is 0.236 e. The Morgan fingerprint density at radius 3 is 2.75 bits per heavy atom. The molecule has 2 atom stereocenters. The summed E-state index contributed by atoms with van der Waals surface area (Å²) in [5.41, 5.74) is 2.72. The van der Waals surface area contributed by atoms with Gasteiger partial charge in [-0.2, -0.15) is 0 Å². The van der Waals surface area contributed by atoms with Gasteiger partial charge in [0.05, 0.1) is 6.54 Å². The SMILES string of the molecule is CCN(CC)C(=O)CN1CCC[C@@H]2Cc3cc4c(cc3[C@H]21)OCO4. The third kappa shape index (κ3) is 2.55. The summed E-state index contributed by atoms with van der Waals surface area (Å²) in [7, 11) is 0. The molecule has 24 heavy (non-hydrogen) atoms. The van der Waals surface area contributed by atoms with E-state index in [9.17, 15) is 4.79 Å². The smallest absolute Gasteiger partial charge is 0.236 e. The van der Waals surface area contributed by atoms with E-state index in [1.807, 2.05) is 18.7 Å². The number of piperidine rings is 1. The van der Waals surface area contributed by atoms with Crippen LogP contribution in [0.25, 0.3) is 0 Å². The van der Waals surface area contributed by atoms with E-state index in [2.05, 4.69) is 17.0 Å². The highest BCUT2D eigenvalue weighted by molar-refractivity contribution is 5.78. The number of amides is 1. The standard InChI is InChI=1S/C19H26N2O3/c1-3-20(4-2)18(22)11-21-7-5-6-13-8-14-9-16-17(24-12-23-16)10-15(14)19(13)21/h9-10,13,19H,3-8,11-12H2,1-2H3/t13-,19+/m1/s1. The Labute approximate surface area is 143 Å². The van der Waals surface area contributed by atoms with Crippen LogP contribution in [0.3, 0.4) is 0 Å². The Kier molecular flexibility index (Phi) is 4.12. The molecule has 1 aromatic carbocycles. The van der Waals surface area contributed by atoms with Gasteiger partial charge in [0.2, 0.25) is 12.7 Å². The van der Waals surface area contributed by atoms with Crippen LogP contribution >= 0.6 is 0 Å². The van der Waals surface area contributed by atoms with Gasteiger partial charge in [0.1, 0.15) is 0 Å². The van der Waals surface area contributed by atoms with Crippen LogP contribution < -0.4 is 9.47 Å². The van der Waals surface area contributed by atoms with E-state index < -0.39 is 0 Å². The highest BCUT2D eigenvalue weighted by Gasteiger charge is 2.41. The van der Waals surface area contributed by atoms with Crippen molar-refractivity contribution < 1.29 is 14.3 Å². The lowest BCUT2D eigenvalue weighted by atomic mass is 9.90. The molecule has 0 bridgehead atoms. The Morgan fingerprint density at radius 2 is 2.00 bits per heavy atom. The minimum absolute atomic E-state index is 0.245. The monoisotopic (exact) mass is 330 g/mol. The molecule has 3 aliphatic rings. The topological polar surface area (TPSA) is 42.0 Å². The molecule has 0 unspecified atom stereocenters. The fraction of sp³-hybridized carbons (Fsp3) is 0.632. The third-order valence-electron chi connectivity index (χ3n) is 5.75. The molecule has 5 heteroatoms. The van der Waals surface area contributed by atoms with Crippen molar-refractivity contribution in [2.75, 3.05) is 33.0 Å². The number of ether oxygens (including phenoxy) is 2. The molecule has 5 nitrogen and oxygen atoms in total. The molecule has 0 radical (unpaired) electrons. The normalized spacial score (nSPS) is 24.6. The van der Waals surface area contributed by atoms with E-state index >= 15 is 0 Å². The van der Waals surface area contributed by atoms with Crippen LogP contribution in [0.4, 0.5) is 0 Å². The number of hydrogen-bond donors (Lipinski definition) is 0. The molecule has 0 N–H and O–H groups in total. The molecular formula is C19H26N2O3. The Morgan fingerprint density at radius 1 is 1.25 bits per heavy atom. The maximum atomic E-state index is 12.6. The first-order valence-corrected chi connectivity index (χ1v) is 9.15. The number of carbonyl (C=O) groups excluding carboxylic acids is 1. The largest absolute Gasteiger partial charge is 0.454 e. The van der Waals surface area contributed by atoms with Gasteiger partial charge in [0.25, 0.3) is 0 Å². The van der Waals surface area contributed by atoms with Crippen molar-refractivity contribution in [2.45, 2.75) is 39.2 Å². The van der Waals surface area contributed by atoms with Crippen LogP contribution in [0, 0.1) is 5.92 Å². The van der Waals surface area contributed by atoms with E-state index in [0.717, 1.165) is 37.6 Å². The highest BCUT2D eigenvalue weighted by Crippen LogP contribution is 2.49. The van der Waals surface area contributed by atoms with Gasteiger partial charge >= 0.3 is 0 Å². The predicted octanol–water partition coefficient (Wildman–Crippen LogP) is 2.59. The molecule has 1 saturated heterocycles. The lowest BCUT2D eigenvalue weighted by molar-refractivity contribution is -0.133. The second-order valence-corrected chi connectivity index (χ2v) is 6.99. The summed E-state index contributed by atoms with van der Waals surface area (Å²) in [6.07, 6.45) is 3.50. The summed E-state index contributed by atoms with van der Waals surface area (Å²) in [6, 6.07) is 4.66. The molecule has 2 aliphatic heterocycles. The number of benzene rings is 1. The van der Waals surface area contributed by atoms with Gasteiger partial charge in [0.15, 0.2) is 11.5 Å². The minimum Gasteiger partial charge on any atom is -0.454 e. The summed E-state index contributed by atoms with van der Waals surface area (Å²) >= 11 is 0. The van der Waals surface area contributed by atoms with Crippen molar-refractivity contribution in [3.63, 3.8) is 0 Å². The van der Waals surface area contributed by atoms with E-state index in [-0.39, 0.29) is 5.91 Å². The number of rotatable bonds is 4. The molecule has 1 amide bonds. The Bertz CT molecular complexity index is 642. The average Bonchev–Trinajstić information content (AvgIpc) is 3.17. The van der Waals surface area contributed by atoms with E-state index in [4.69, 9.17) is 9.47 Å². The van der Waals surface area contributed by atoms with Crippen molar-refractivity contribution in [2.24, 2.45) is 5.92 Å². The highest BCUT2D eigenvalue weighted by atomic mass is 16.7. The van der Waals surface area contributed by atoms with Gasteiger partial charge in [-0.15, -0.1) is 0 Å². The van der Waals surface area contributed by atoms with Crippen molar-refractivity contribution >= 4 is 5.91 Å². The fourth-order valence-electron chi connectivity index (χ4n) is 4.58. The maximum absolute atomic E-state index is 12.6. The lowest BCUT2D eigenvalue weighted by Gasteiger charge is -2.38. The summed E-state index contributed by atoms with van der Waals surface area (Å²) in [5, 5.41) is 0. The first-order chi connectivity index (χ1) is 11.7. The van der Waals surface area contributed by atoms with Crippen LogP contribution in [0.1, 0.15) is 43.9 Å². The first-order valence-electron chi connectivity index (χ1n) is 9.15. The summed E-state index contributed by atoms with van der Waals surface area (Å²) < 4.78 is 11.1. The molecule has 2 heterocycles. The second-order valence-electron chi connectivity index (χ2n) is 6.99. The lowest BCUT2D eigenvalue weighted by Crippen LogP contribution is -2.45. The van der Waals surface area contributed by atoms with Gasteiger partial charge in [0, 0.05) is 19.1 Å². The summed E-state index contributed by atoms with van der Waals surface area (Å²) in [6.45, 7) is 7.51. The number of carbonyl (C=O) groups is 1. The summed E-state index contributed by atoms with van der Waals surface area (Å²) in [5.74, 6) is 2.59. The molecule has 1 aliphatic carbocycles.